The van der Waals surface area contributed by atoms with Gasteiger partial charge in [-0.1, -0.05) is 30.3 Å². The highest BCUT2D eigenvalue weighted by molar-refractivity contribution is 7.80. The Morgan fingerprint density at radius 2 is 1.93 bits per heavy atom. The van der Waals surface area contributed by atoms with Crippen molar-refractivity contribution in [3.05, 3.63) is 56.7 Å². The molecule has 0 amide bonds. The molecule has 0 atom stereocenters. The highest BCUT2D eigenvalue weighted by atomic mass is 32.1. The molecule has 0 aliphatic heterocycles. The van der Waals surface area contributed by atoms with Gasteiger partial charge in [0.05, 0.1) is 6.54 Å². The molecular weight excluding hydrogens is 364 g/mol. The molecule has 27 heavy (non-hydrogen) atoms. The smallest absolute Gasteiger partial charge is 0.330 e. The third-order valence-corrected chi connectivity index (χ3v) is 4.43. The monoisotopic (exact) mass is 390 g/mol. The van der Waals surface area contributed by atoms with E-state index in [2.05, 4.69) is 10.3 Å². The van der Waals surface area contributed by atoms with Crippen LogP contribution in [0.5, 0.6) is 0 Å². The van der Waals surface area contributed by atoms with E-state index < -0.39 is 11.2 Å². The summed E-state index contributed by atoms with van der Waals surface area (Å²) in [5.41, 5.74) is 6.20. The summed E-state index contributed by atoms with van der Waals surface area (Å²) >= 11 is 5.43. The first-order chi connectivity index (χ1) is 12.8. The van der Waals surface area contributed by atoms with Gasteiger partial charge in [-0.3, -0.25) is 14.3 Å². The van der Waals surface area contributed by atoms with Crippen LogP contribution in [0.2, 0.25) is 0 Å². The average Bonchev–Trinajstić information content (AvgIpc) is 2.62. The second-order valence-electron chi connectivity index (χ2n) is 6.34. The number of benzene rings is 1. The molecule has 0 aliphatic carbocycles. The van der Waals surface area contributed by atoms with E-state index in [0.29, 0.717) is 18.2 Å². The normalized spacial score (nSPS) is 10.8. The summed E-state index contributed by atoms with van der Waals surface area (Å²) in [7, 11) is 3.93. The average molecular weight is 391 g/mol. The van der Waals surface area contributed by atoms with Crippen LogP contribution >= 0.6 is 12.2 Å². The molecule has 0 spiro atoms. The van der Waals surface area contributed by atoms with Gasteiger partial charge in [0.25, 0.3) is 5.56 Å². The first-order valence-electron chi connectivity index (χ1n) is 8.71. The van der Waals surface area contributed by atoms with Crippen molar-refractivity contribution in [2.24, 2.45) is 0 Å². The number of anilines is 2. The number of aromatic amines is 1. The van der Waals surface area contributed by atoms with Crippen molar-refractivity contribution in [3.63, 3.8) is 0 Å². The zero-order chi connectivity index (χ0) is 20.0. The Balaban J connectivity index is 2.37. The van der Waals surface area contributed by atoms with Gasteiger partial charge in [0.2, 0.25) is 0 Å². The van der Waals surface area contributed by atoms with Crippen molar-refractivity contribution < 1.29 is 0 Å². The third kappa shape index (κ3) is 5.18. The Morgan fingerprint density at radius 1 is 1.26 bits per heavy atom. The summed E-state index contributed by atoms with van der Waals surface area (Å²) in [6.07, 6.45) is 0. The number of nitrogens with zero attached hydrogens (tertiary/aromatic N) is 3. The number of H-pyrrole nitrogens is 1. The molecule has 4 N–H and O–H groups in total. The molecule has 0 saturated carbocycles. The van der Waals surface area contributed by atoms with Crippen LogP contribution in [0.4, 0.5) is 11.5 Å². The van der Waals surface area contributed by atoms with Crippen LogP contribution in [0.3, 0.4) is 0 Å². The molecule has 0 saturated heterocycles. The van der Waals surface area contributed by atoms with Crippen molar-refractivity contribution in [1.82, 2.24) is 19.8 Å². The maximum Gasteiger partial charge on any atom is 0.330 e. The van der Waals surface area contributed by atoms with Crippen LogP contribution in [0, 0.1) is 0 Å². The lowest BCUT2D eigenvalue weighted by Crippen LogP contribution is -2.46. The fraction of sp³-hybridized carbons (Fsp3) is 0.389. The van der Waals surface area contributed by atoms with Crippen molar-refractivity contribution in [2.75, 3.05) is 44.4 Å². The number of nitrogens with two attached hydrogens (primary N) is 1. The van der Waals surface area contributed by atoms with Crippen LogP contribution in [-0.4, -0.2) is 53.3 Å². The zero-order valence-electron chi connectivity index (χ0n) is 15.9. The SMILES string of the molecule is CCN(C(=S)NCCN(C)C)c1c(N)n(Cc2ccccc2)c(=O)[nH]c1=O. The number of nitrogen functional groups attached to an aromatic ring is 1. The quantitative estimate of drug-likeness (QED) is 0.590. The Labute approximate surface area is 163 Å². The number of hydrogen-bond acceptors (Lipinski definition) is 5. The minimum atomic E-state index is -0.555. The molecule has 1 aromatic heterocycles. The molecule has 1 aromatic carbocycles. The number of rotatable bonds is 7. The molecule has 1 heterocycles. The maximum absolute atomic E-state index is 12.5. The summed E-state index contributed by atoms with van der Waals surface area (Å²) in [6, 6.07) is 9.44. The fourth-order valence-electron chi connectivity index (χ4n) is 2.65. The van der Waals surface area contributed by atoms with E-state index in [4.69, 9.17) is 18.0 Å². The van der Waals surface area contributed by atoms with E-state index in [-0.39, 0.29) is 18.1 Å². The molecule has 0 radical (unpaired) electrons. The van der Waals surface area contributed by atoms with Crippen molar-refractivity contribution in [2.45, 2.75) is 13.5 Å². The van der Waals surface area contributed by atoms with Crippen molar-refractivity contribution >= 4 is 28.8 Å². The zero-order valence-corrected chi connectivity index (χ0v) is 16.7. The summed E-state index contributed by atoms with van der Waals surface area (Å²) < 4.78 is 1.34. The molecule has 2 aromatic rings. The highest BCUT2D eigenvalue weighted by Gasteiger charge is 2.20. The maximum atomic E-state index is 12.5. The molecule has 0 aliphatic rings. The van der Waals surface area contributed by atoms with Gasteiger partial charge in [-0.15, -0.1) is 0 Å². The van der Waals surface area contributed by atoms with Gasteiger partial charge in [0.1, 0.15) is 5.82 Å². The predicted octanol–water partition coefficient (Wildman–Crippen LogP) is 0.430. The Kier molecular flexibility index (Phi) is 7.14. The summed E-state index contributed by atoms with van der Waals surface area (Å²) in [4.78, 5) is 30.7. The van der Waals surface area contributed by atoms with Crippen molar-refractivity contribution in [3.8, 4) is 0 Å². The first-order valence-corrected chi connectivity index (χ1v) is 9.12. The van der Waals surface area contributed by atoms with Gasteiger partial charge >= 0.3 is 5.69 Å². The predicted molar refractivity (Wildman–Crippen MR) is 113 cm³/mol. The molecule has 8 nitrogen and oxygen atoms in total. The summed E-state index contributed by atoms with van der Waals surface area (Å²) in [5.74, 6) is 0.0891. The van der Waals surface area contributed by atoms with Gasteiger partial charge in [-0.2, -0.15) is 0 Å². The van der Waals surface area contributed by atoms with Gasteiger partial charge < -0.3 is 20.9 Å². The van der Waals surface area contributed by atoms with Gasteiger partial charge in [-0.05, 0) is 38.8 Å². The fourth-order valence-corrected chi connectivity index (χ4v) is 2.97. The van der Waals surface area contributed by atoms with E-state index in [1.807, 2.05) is 56.3 Å². The first kappa shape index (κ1) is 20.7. The number of aromatic nitrogens is 2. The van der Waals surface area contributed by atoms with Crippen LogP contribution in [0.1, 0.15) is 12.5 Å². The largest absolute Gasteiger partial charge is 0.383 e. The Hall–Kier alpha value is -2.65. The van der Waals surface area contributed by atoms with E-state index in [1.54, 1.807) is 4.90 Å². The number of nitrogens with one attached hydrogen (secondary N) is 2. The lowest BCUT2D eigenvalue weighted by molar-refractivity contribution is 0.413. The second kappa shape index (κ2) is 9.33. The lowest BCUT2D eigenvalue weighted by Gasteiger charge is -2.26. The minimum absolute atomic E-state index is 0.0891. The molecule has 0 unspecified atom stereocenters. The van der Waals surface area contributed by atoms with Crippen LogP contribution in [0.25, 0.3) is 0 Å². The van der Waals surface area contributed by atoms with E-state index in [9.17, 15) is 9.59 Å². The van der Waals surface area contributed by atoms with Crippen molar-refractivity contribution in [1.29, 1.82) is 0 Å². The molecule has 9 heteroatoms. The highest BCUT2D eigenvalue weighted by Crippen LogP contribution is 2.17. The van der Waals surface area contributed by atoms with E-state index >= 15 is 0 Å². The number of likely N-dealkylation sites (N-methyl/N-ethyl adjacent to an activating group) is 1. The molecule has 2 rings (SSSR count). The molecule has 146 valence electrons. The van der Waals surface area contributed by atoms with E-state index in [0.717, 1.165) is 12.1 Å². The van der Waals surface area contributed by atoms with Crippen LogP contribution < -0.4 is 27.2 Å². The number of thiocarbonyl (C=S) groups is 1. The summed E-state index contributed by atoms with van der Waals surface area (Å²) in [6.45, 7) is 3.98. The molecule has 0 fully saturated rings. The van der Waals surface area contributed by atoms with E-state index in [1.165, 1.54) is 4.57 Å². The van der Waals surface area contributed by atoms with Crippen LogP contribution in [-0.2, 0) is 6.54 Å². The van der Waals surface area contributed by atoms with Gasteiger partial charge in [0, 0.05) is 19.6 Å². The minimum Gasteiger partial charge on any atom is -0.383 e. The van der Waals surface area contributed by atoms with Crippen LogP contribution in [0.15, 0.2) is 39.9 Å². The molecule has 0 bridgehead atoms. The summed E-state index contributed by atoms with van der Waals surface area (Å²) in [5, 5.41) is 3.51. The molecular formula is C18H26N6O2S. The van der Waals surface area contributed by atoms with Gasteiger partial charge in [-0.25, -0.2) is 4.79 Å². The lowest BCUT2D eigenvalue weighted by atomic mass is 10.2. The Morgan fingerprint density at radius 3 is 2.52 bits per heavy atom. The third-order valence-electron chi connectivity index (χ3n) is 4.06. The second-order valence-corrected chi connectivity index (χ2v) is 6.73. The standard InChI is InChI=1S/C18H26N6O2S/c1-4-23(18(27)20-10-11-22(2)3)14-15(19)24(17(26)21-16(14)25)12-13-8-6-5-7-9-13/h5-9H,4,10-12,19H2,1-3H3,(H,20,27)(H,21,25,26). The topological polar surface area (TPSA) is 99.4 Å². The number of hydrogen-bond donors (Lipinski definition) is 3. The van der Waals surface area contributed by atoms with Gasteiger partial charge in [0.15, 0.2) is 10.8 Å². The Bertz CT molecular complexity index is 891.